The zero-order chi connectivity index (χ0) is 44.1. The maximum Gasteiger partial charge on any atom is 0.305 e. The summed E-state index contributed by atoms with van der Waals surface area (Å²) in [6.45, 7) is 15.7. The average Bonchev–Trinajstić information content (AvgIpc) is 3.24. The zero-order valence-corrected chi connectivity index (χ0v) is 41.0. The van der Waals surface area contributed by atoms with E-state index >= 15 is 0 Å². The molecule has 4 aliphatic carbocycles. The molecule has 0 aromatic heterocycles. The Morgan fingerprint density at radius 2 is 0.885 bits per heavy atom. The SMILES string of the molecule is CCCCCCCCCOC(=O)CCC12CC3CC(CCCOC(=O)CCCN(CC)CC)(C1)CC(CCC(=O)OCC(CCCCCCCC)CCCCCCCC)(C3)C2. The minimum atomic E-state index is -0.0692. The van der Waals surface area contributed by atoms with Gasteiger partial charge in [0.2, 0.25) is 0 Å². The molecule has 0 amide bonds. The monoisotopic (exact) mass is 858 g/mol. The topological polar surface area (TPSA) is 82.1 Å². The smallest absolute Gasteiger partial charge is 0.305 e. The van der Waals surface area contributed by atoms with Crippen LogP contribution in [-0.2, 0) is 28.6 Å². The second-order valence-electron chi connectivity index (χ2n) is 21.0. The molecule has 4 saturated carbocycles. The van der Waals surface area contributed by atoms with Crippen LogP contribution in [0.15, 0.2) is 0 Å². The summed E-state index contributed by atoms with van der Waals surface area (Å²) < 4.78 is 17.8. The second kappa shape index (κ2) is 31.3. The Labute approximate surface area is 377 Å². The number of carbonyl (C=O) groups is 3. The average molecular weight is 858 g/mol. The van der Waals surface area contributed by atoms with Crippen molar-refractivity contribution in [1.82, 2.24) is 4.90 Å². The number of rotatable bonds is 40. The number of esters is 3. The molecule has 0 N–H and O–H groups in total. The first-order valence-electron chi connectivity index (χ1n) is 26.8. The standard InChI is InChI=1S/C54H99NO6/c1-6-11-14-17-20-23-26-38-59-50(57)32-35-53-41-48-40-52(44-53,34-28-39-60-49(56)31-27-37-55(9-4)10-5)45-54(42-48,46-53)36-33-51(58)61-43-47(29-24-21-18-15-12-7-2)30-25-22-19-16-13-8-3/h47-48H,6-46H2,1-5H3. The Balaban J connectivity index is 1.58. The number of nitrogens with zero attached hydrogens (tertiary/aromatic N) is 1. The third kappa shape index (κ3) is 21.7. The second-order valence-corrected chi connectivity index (χ2v) is 21.0. The Morgan fingerprint density at radius 1 is 0.475 bits per heavy atom. The van der Waals surface area contributed by atoms with Crippen molar-refractivity contribution < 1.29 is 28.6 Å². The van der Waals surface area contributed by atoms with Gasteiger partial charge in [-0.2, -0.15) is 0 Å². The van der Waals surface area contributed by atoms with Gasteiger partial charge in [0.25, 0.3) is 0 Å². The maximum atomic E-state index is 13.6. The summed E-state index contributed by atoms with van der Waals surface area (Å²) in [4.78, 5) is 41.8. The third-order valence-electron chi connectivity index (χ3n) is 15.4. The van der Waals surface area contributed by atoms with Crippen LogP contribution < -0.4 is 0 Å². The first-order valence-corrected chi connectivity index (χ1v) is 26.8. The molecular formula is C54H99NO6. The van der Waals surface area contributed by atoms with Crippen LogP contribution in [0.25, 0.3) is 0 Å². The highest BCUT2D eigenvalue weighted by molar-refractivity contribution is 5.70. The fourth-order valence-corrected chi connectivity index (χ4v) is 12.7. The maximum absolute atomic E-state index is 13.6. The van der Waals surface area contributed by atoms with Gasteiger partial charge in [0.1, 0.15) is 0 Å². The molecule has 0 aromatic carbocycles. The first-order chi connectivity index (χ1) is 29.6. The molecule has 0 aromatic rings. The number of hydrogen-bond donors (Lipinski definition) is 0. The van der Waals surface area contributed by atoms with E-state index in [1.54, 1.807) is 0 Å². The van der Waals surface area contributed by atoms with Crippen molar-refractivity contribution in [1.29, 1.82) is 0 Å². The molecule has 4 fully saturated rings. The van der Waals surface area contributed by atoms with Gasteiger partial charge in [-0.05, 0) is 138 Å². The lowest BCUT2D eigenvalue weighted by atomic mass is 9.37. The Kier molecular flexibility index (Phi) is 27.5. The predicted octanol–water partition coefficient (Wildman–Crippen LogP) is 14.9. The van der Waals surface area contributed by atoms with Crippen LogP contribution in [0.4, 0.5) is 0 Å². The third-order valence-corrected chi connectivity index (χ3v) is 15.4. The number of hydrogen-bond acceptors (Lipinski definition) is 7. The van der Waals surface area contributed by atoms with E-state index in [9.17, 15) is 14.4 Å². The predicted molar refractivity (Wildman–Crippen MR) is 254 cm³/mol. The van der Waals surface area contributed by atoms with E-state index in [4.69, 9.17) is 14.2 Å². The van der Waals surface area contributed by atoms with E-state index in [2.05, 4.69) is 39.5 Å². The molecule has 61 heavy (non-hydrogen) atoms. The molecule has 4 unspecified atom stereocenters. The highest BCUT2D eigenvalue weighted by Crippen LogP contribution is 2.73. The Bertz CT molecular complexity index is 1160. The largest absolute Gasteiger partial charge is 0.466 e. The van der Waals surface area contributed by atoms with Gasteiger partial charge in [0.05, 0.1) is 19.8 Å². The summed E-state index contributed by atoms with van der Waals surface area (Å²) in [6, 6.07) is 0. The number of unbranched alkanes of at least 4 members (excludes halogenated alkanes) is 16. The molecular weight excluding hydrogens is 759 g/mol. The molecule has 4 atom stereocenters. The van der Waals surface area contributed by atoms with Gasteiger partial charge in [-0.1, -0.05) is 150 Å². The van der Waals surface area contributed by atoms with Gasteiger partial charge in [-0.15, -0.1) is 0 Å². The quantitative estimate of drug-likeness (QED) is 0.0345. The van der Waals surface area contributed by atoms with Crippen molar-refractivity contribution in [3.8, 4) is 0 Å². The van der Waals surface area contributed by atoms with Crippen LogP contribution in [0.5, 0.6) is 0 Å². The fraction of sp³-hybridized carbons (Fsp3) is 0.944. The lowest BCUT2D eigenvalue weighted by Gasteiger charge is -2.67. The Hall–Kier alpha value is -1.63. The minimum absolute atomic E-state index is 0.00316. The highest BCUT2D eigenvalue weighted by atomic mass is 16.5. The van der Waals surface area contributed by atoms with Crippen LogP contribution in [0.3, 0.4) is 0 Å². The van der Waals surface area contributed by atoms with Gasteiger partial charge in [-0.25, -0.2) is 0 Å². The molecule has 0 heterocycles. The molecule has 0 spiro atoms. The number of carbonyl (C=O) groups excluding carboxylic acids is 3. The number of ether oxygens (including phenoxy) is 3. The molecule has 0 radical (unpaired) electrons. The van der Waals surface area contributed by atoms with Crippen LogP contribution in [0.1, 0.15) is 259 Å². The van der Waals surface area contributed by atoms with Gasteiger partial charge in [0, 0.05) is 19.3 Å². The van der Waals surface area contributed by atoms with Gasteiger partial charge >= 0.3 is 17.9 Å². The normalized spacial score (nSPS) is 23.0. The van der Waals surface area contributed by atoms with E-state index in [-0.39, 0.29) is 34.2 Å². The van der Waals surface area contributed by atoms with Crippen LogP contribution >= 0.6 is 0 Å². The molecule has 7 nitrogen and oxygen atoms in total. The van der Waals surface area contributed by atoms with Crippen molar-refractivity contribution in [3.05, 3.63) is 0 Å². The van der Waals surface area contributed by atoms with Crippen LogP contribution in [0, 0.1) is 28.1 Å². The lowest BCUT2D eigenvalue weighted by Crippen LogP contribution is -2.57. The summed E-state index contributed by atoms with van der Waals surface area (Å²) in [5.74, 6) is 1.02. The van der Waals surface area contributed by atoms with E-state index in [0.29, 0.717) is 50.9 Å². The lowest BCUT2D eigenvalue weighted by molar-refractivity contribution is -0.176. The van der Waals surface area contributed by atoms with Gasteiger partial charge < -0.3 is 19.1 Å². The molecule has 4 rings (SSSR count). The molecule has 356 valence electrons. The summed E-state index contributed by atoms with van der Waals surface area (Å²) in [5.41, 5.74) is 0.444. The van der Waals surface area contributed by atoms with E-state index < -0.39 is 0 Å². The molecule has 7 heteroatoms. The van der Waals surface area contributed by atoms with Crippen molar-refractivity contribution in [2.24, 2.45) is 28.1 Å². The van der Waals surface area contributed by atoms with E-state index in [1.807, 2.05) is 0 Å². The highest BCUT2D eigenvalue weighted by Gasteiger charge is 2.62. The van der Waals surface area contributed by atoms with Crippen molar-refractivity contribution in [2.45, 2.75) is 259 Å². The Morgan fingerprint density at radius 3 is 1.38 bits per heavy atom. The minimum Gasteiger partial charge on any atom is -0.466 e. The zero-order valence-electron chi connectivity index (χ0n) is 41.0. The fourth-order valence-electron chi connectivity index (χ4n) is 12.7. The van der Waals surface area contributed by atoms with Crippen molar-refractivity contribution >= 4 is 17.9 Å². The summed E-state index contributed by atoms with van der Waals surface area (Å²) >= 11 is 0. The van der Waals surface area contributed by atoms with E-state index in [0.717, 1.165) is 83.8 Å². The molecule has 4 aliphatic rings. The first kappa shape index (κ1) is 53.7. The van der Waals surface area contributed by atoms with Gasteiger partial charge in [-0.3, -0.25) is 14.4 Å². The molecule has 4 bridgehead atoms. The van der Waals surface area contributed by atoms with Crippen LogP contribution in [-0.4, -0.2) is 62.3 Å². The van der Waals surface area contributed by atoms with Crippen LogP contribution in [0.2, 0.25) is 0 Å². The van der Waals surface area contributed by atoms with Crippen molar-refractivity contribution in [2.75, 3.05) is 39.5 Å². The summed E-state index contributed by atoms with van der Waals surface area (Å²) in [7, 11) is 0. The molecule has 0 aliphatic heterocycles. The van der Waals surface area contributed by atoms with Gasteiger partial charge in [0.15, 0.2) is 0 Å². The van der Waals surface area contributed by atoms with Crippen molar-refractivity contribution in [3.63, 3.8) is 0 Å². The summed E-state index contributed by atoms with van der Waals surface area (Å²) in [6.07, 6.45) is 39.7. The molecule has 0 saturated heterocycles. The summed E-state index contributed by atoms with van der Waals surface area (Å²) in [5, 5.41) is 0. The van der Waals surface area contributed by atoms with E-state index in [1.165, 1.54) is 141 Å².